The molecule has 0 aliphatic carbocycles. The number of hydrogen-bond acceptors (Lipinski definition) is 3. The highest BCUT2D eigenvalue weighted by atomic mass is 16.5. The van der Waals surface area contributed by atoms with E-state index in [0.29, 0.717) is 6.61 Å². The molecule has 0 aliphatic rings. The first kappa shape index (κ1) is 11.5. The van der Waals surface area contributed by atoms with E-state index in [1.165, 1.54) is 0 Å². The molecule has 0 unspecified atom stereocenters. The van der Waals surface area contributed by atoms with Crippen LogP contribution in [0.2, 0.25) is 0 Å². The number of anilines is 1. The molecule has 2 rings (SSSR count). The van der Waals surface area contributed by atoms with E-state index in [0.717, 1.165) is 29.4 Å². The molecule has 2 aromatic rings. The minimum atomic E-state index is 0.611. The van der Waals surface area contributed by atoms with E-state index in [1.807, 2.05) is 38.2 Å². The summed E-state index contributed by atoms with van der Waals surface area (Å²) in [4.78, 5) is 4.16. The number of aromatic nitrogens is 2. The molecule has 1 heterocycles. The molecule has 0 bridgehead atoms. The van der Waals surface area contributed by atoms with Crippen LogP contribution in [0.4, 0.5) is 5.69 Å². The summed E-state index contributed by atoms with van der Waals surface area (Å²) in [6, 6.07) is 5.76. The van der Waals surface area contributed by atoms with Gasteiger partial charge in [-0.25, -0.2) is 4.98 Å². The first-order valence-corrected chi connectivity index (χ1v) is 5.63. The van der Waals surface area contributed by atoms with Gasteiger partial charge in [0.1, 0.15) is 18.2 Å². The Kier molecular flexibility index (Phi) is 3.32. The molecule has 90 valence electrons. The van der Waals surface area contributed by atoms with Gasteiger partial charge >= 0.3 is 0 Å². The van der Waals surface area contributed by atoms with E-state index in [1.54, 1.807) is 6.20 Å². The van der Waals surface area contributed by atoms with E-state index >= 15 is 0 Å². The SMILES string of the molecule is Cc1ccc(OCCn2ccnc2C)cc1N. The minimum Gasteiger partial charge on any atom is -0.492 e. The third-order valence-electron chi connectivity index (χ3n) is 2.78. The Labute approximate surface area is 101 Å². The largest absolute Gasteiger partial charge is 0.492 e. The molecule has 4 nitrogen and oxygen atoms in total. The van der Waals surface area contributed by atoms with Crippen molar-refractivity contribution in [1.29, 1.82) is 0 Å². The molecule has 1 aromatic carbocycles. The quantitative estimate of drug-likeness (QED) is 0.820. The third-order valence-corrected chi connectivity index (χ3v) is 2.78. The van der Waals surface area contributed by atoms with Crippen LogP contribution in [0, 0.1) is 13.8 Å². The number of nitrogens with two attached hydrogens (primary N) is 1. The number of hydrogen-bond donors (Lipinski definition) is 1. The van der Waals surface area contributed by atoms with Crippen LogP contribution in [-0.4, -0.2) is 16.2 Å². The number of ether oxygens (including phenoxy) is 1. The third kappa shape index (κ3) is 2.78. The zero-order chi connectivity index (χ0) is 12.3. The molecule has 0 saturated heterocycles. The standard InChI is InChI=1S/C13H17N3O/c1-10-3-4-12(9-13(10)14)17-8-7-16-6-5-15-11(16)2/h3-6,9H,7-8,14H2,1-2H3. The summed E-state index contributed by atoms with van der Waals surface area (Å²) in [7, 11) is 0. The molecule has 0 atom stereocenters. The van der Waals surface area contributed by atoms with Crippen molar-refractivity contribution in [2.45, 2.75) is 20.4 Å². The Morgan fingerprint density at radius 2 is 2.18 bits per heavy atom. The van der Waals surface area contributed by atoms with Crippen LogP contribution in [0.3, 0.4) is 0 Å². The minimum absolute atomic E-state index is 0.611. The summed E-state index contributed by atoms with van der Waals surface area (Å²) in [6.07, 6.45) is 3.74. The second kappa shape index (κ2) is 4.91. The van der Waals surface area contributed by atoms with Gasteiger partial charge in [0.25, 0.3) is 0 Å². The van der Waals surface area contributed by atoms with Crippen molar-refractivity contribution in [2.24, 2.45) is 0 Å². The van der Waals surface area contributed by atoms with Gasteiger partial charge in [0.05, 0.1) is 6.54 Å². The Morgan fingerprint density at radius 3 is 2.82 bits per heavy atom. The Morgan fingerprint density at radius 1 is 1.35 bits per heavy atom. The molecule has 0 spiro atoms. The van der Waals surface area contributed by atoms with E-state index in [-0.39, 0.29) is 0 Å². The van der Waals surface area contributed by atoms with Gasteiger partial charge < -0.3 is 15.0 Å². The van der Waals surface area contributed by atoms with E-state index in [4.69, 9.17) is 10.5 Å². The molecular weight excluding hydrogens is 214 g/mol. The maximum atomic E-state index is 5.82. The van der Waals surface area contributed by atoms with Crippen LogP contribution in [0.25, 0.3) is 0 Å². The molecular formula is C13H17N3O. The fraction of sp³-hybridized carbons (Fsp3) is 0.308. The fourth-order valence-electron chi connectivity index (χ4n) is 1.61. The predicted octanol–water partition coefficient (Wildman–Crippen LogP) is 2.16. The highest BCUT2D eigenvalue weighted by Gasteiger charge is 1.99. The first-order chi connectivity index (χ1) is 8.16. The Hall–Kier alpha value is -1.97. The molecule has 1 aromatic heterocycles. The maximum Gasteiger partial charge on any atom is 0.121 e. The summed E-state index contributed by atoms with van der Waals surface area (Å²) in [5, 5.41) is 0. The monoisotopic (exact) mass is 231 g/mol. The molecule has 0 saturated carbocycles. The average molecular weight is 231 g/mol. The number of imidazole rings is 1. The topological polar surface area (TPSA) is 53.1 Å². The maximum absolute atomic E-state index is 5.82. The number of nitrogens with zero attached hydrogens (tertiary/aromatic N) is 2. The van der Waals surface area contributed by atoms with Gasteiger partial charge in [0.2, 0.25) is 0 Å². The lowest BCUT2D eigenvalue weighted by atomic mass is 10.2. The normalized spacial score (nSPS) is 10.5. The Bertz CT molecular complexity index is 505. The predicted molar refractivity (Wildman–Crippen MR) is 68.1 cm³/mol. The number of nitrogen functional groups attached to an aromatic ring is 1. The van der Waals surface area contributed by atoms with Crippen molar-refractivity contribution in [3.63, 3.8) is 0 Å². The summed E-state index contributed by atoms with van der Waals surface area (Å²) in [6.45, 7) is 5.36. The average Bonchev–Trinajstić information content (AvgIpc) is 2.70. The second-order valence-electron chi connectivity index (χ2n) is 4.03. The summed E-state index contributed by atoms with van der Waals surface area (Å²) in [5.74, 6) is 1.81. The molecule has 0 aliphatic heterocycles. The summed E-state index contributed by atoms with van der Waals surface area (Å²) in [5.41, 5.74) is 7.65. The second-order valence-corrected chi connectivity index (χ2v) is 4.03. The number of aryl methyl sites for hydroxylation is 2. The van der Waals surface area contributed by atoms with E-state index < -0.39 is 0 Å². The highest BCUT2D eigenvalue weighted by Crippen LogP contribution is 2.18. The van der Waals surface area contributed by atoms with Crippen molar-refractivity contribution >= 4 is 5.69 Å². The van der Waals surface area contributed by atoms with Crippen LogP contribution in [0.15, 0.2) is 30.6 Å². The van der Waals surface area contributed by atoms with Crippen molar-refractivity contribution in [2.75, 3.05) is 12.3 Å². The lowest BCUT2D eigenvalue weighted by molar-refractivity contribution is 0.297. The van der Waals surface area contributed by atoms with Crippen LogP contribution in [0.5, 0.6) is 5.75 Å². The molecule has 0 radical (unpaired) electrons. The zero-order valence-corrected chi connectivity index (χ0v) is 10.2. The summed E-state index contributed by atoms with van der Waals surface area (Å²) >= 11 is 0. The van der Waals surface area contributed by atoms with Crippen molar-refractivity contribution < 1.29 is 4.74 Å². The van der Waals surface area contributed by atoms with Crippen molar-refractivity contribution in [3.05, 3.63) is 42.0 Å². The lowest BCUT2D eigenvalue weighted by Gasteiger charge is -2.09. The van der Waals surface area contributed by atoms with Crippen LogP contribution < -0.4 is 10.5 Å². The number of rotatable bonds is 4. The first-order valence-electron chi connectivity index (χ1n) is 5.63. The van der Waals surface area contributed by atoms with Gasteiger partial charge in [-0.3, -0.25) is 0 Å². The lowest BCUT2D eigenvalue weighted by Crippen LogP contribution is -2.09. The molecule has 0 fully saturated rings. The van der Waals surface area contributed by atoms with Crippen molar-refractivity contribution in [3.8, 4) is 5.75 Å². The van der Waals surface area contributed by atoms with E-state index in [9.17, 15) is 0 Å². The fourth-order valence-corrected chi connectivity index (χ4v) is 1.61. The summed E-state index contributed by atoms with van der Waals surface area (Å²) < 4.78 is 7.69. The van der Waals surface area contributed by atoms with Gasteiger partial charge in [0, 0.05) is 24.1 Å². The van der Waals surface area contributed by atoms with Crippen molar-refractivity contribution in [1.82, 2.24) is 9.55 Å². The van der Waals surface area contributed by atoms with Gasteiger partial charge in [-0.15, -0.1) is 0 Å². The molecule has 2 N–H and O–H groups in total. The zero-order valence-electron chi connectivity index (χ0n) is 10.2. The van der Waals surface area contributed by atoms with Gasteiger partial charge in [-0.05, 0) is 25.5 Å². The van der Waals surface area contributed by atoms with Crippen LogP contribution in [-0.2, 0) is 6.54 Å². The molecule has 0 amide bonds. The van der Waals surface area contributed by atoms with Gasteiger partial charge in [-0.1, -0.05) is 6.07 Å². The van der Waals surface area contributed by atoms with Crippen LogP contribution >= 0.6 is 0 Å². The van der Waals surface area contributed by atoms with Gasteiger partial charge in [-0.2, -0.15) is 0 Å². The van der Waals surface area contributed by atoms with Crippen LogP contribution in [0.1, 0.15) is 11.4 Å². The van der Waals surface area contributed by atoms with Gasteiger partial charge in [0.15, 0.2) is 0 Å². The van der Waals surface area contributed by atoms with E-state index in [2.05, 4.69) is 9.55 Å². The highest BCUT2D eigenvalue weighted by molar-refractivity contribution is 5.50. The molecule has 4 heteroatoms. The smallest absolute Gasteiger partial charge is 0.121 e. The number of benzene rings is 1. The molecule has 17 heavy (non-hydrogen) atoms. The Balaban J connectivity index is 1.90.